The van der Waals surface area contributed by atoms with E-state index in [2.05, 4.69) is 6.92 Å². The van der Waals surface area contributed by atoms with Gasteiger partial charge in [-0.1, -0.05) is 26.2 Å². The molecule has 0 saturated carbocycles. The van der Waals surface area contributed by atoms with Gasteiger partial charge in [0.05, 0.1) is 0 Å². The van der Waals surface area contributed by atoms with Crippen LogP contribution in [0, 0.1) is 0 Å². The molecule has 5 nitrogen and oxygen atoms in total. The Labute approximate surface area is 113 Å². The number of phenols is 1. The molecule has 0 aliphatic rings. The van der Waals surface area contributed by atoms with Gasteiger partial charge in [0.2, 0.25) is 0 Å². The SMILES string of the molecule is CCCCCCN(C(=O)C(N)=O)c1ccc(O)cc1. The van der Waals surface area contributed by atoms with Crippen molar-refractivity contribution in [1.29, 1.82) is 0 Å². The Kier molecular flexibility index (Phi) is 5.85. The molecule has 0 fully saturated rings. The van der Waals surface area contributed by atoms with Crippen molar-refractivity contribution in [2.45, 2.75) is 32.6 Å². The number of unbranched alkanes of at least 4 members (excludes halogenated alkanes) is 3. The summed E-state index contributed by atoms with van der Waals surface area (Å²) in [6.07, 6.45) is 4.00. The Morgan fingerprint density at radius 3 is 2.32 bits per heavy atom. The van der Waals surface area contributed by atoms with Gasteiger partial charge in [-0.15, -0.1) is 0 Å². The van der Waals surface area contributed by atoms with Crippen molar-refractivity contribution in [3.63, 3.8) is 0 Å². The van der Waals surface area contributed by atoms with Crippen molar-refractivity contribution in [2.75, 3.05) is 11.4 Å². The first-order valence-corrected chi connectivity index (χ1v) is 6.46. The van der Waals surface area contributed by atoms with Crippen molar-refractivity contribution >= 4 is 17.5 Å². The van der Waals surface area contributed by atoms with Gasteiger partial charge in [0, 0.05) is 12.2 Å². The summed E-state index contributed by atoms with van der Waals surface area (Å²) in [5.41, 5.74) is 5.62. The summed E-state index contributed by atoms with van der Waals surface area (Å²) < 4.78 is 0. The van der Waals surface area contributed by atoms with Crippen LogP contribution < -0.4 is 10.6 Å². The number of carbonyl (C=O) groups excluding carboxylic acids is 2. The molecule has 0 radical (unpaired) electrons. The number of rotatable bonds is 6. The highest BCUT2D eigenvalue weighted by atomic mass is 16.3. The molecular formula is C14H20N2O3. The van der Waals surface area contributed by atoms with Crippen LogP contribution in [0.4, 0.5) is 5.69 Å². The number of carbonyl (C=O) groups is 2. The second-order valence-electron chi connectivity index (χ2n) is 4.40. The smallest absolute Gasteiger partial charge is 0.316 e. The second-order valence-corrected chi connectivity index (χ2v) is 4.40. The maximum Gasteiger partial charge on any atom is 0.316 e. The minimum absolute atomic E-state index is 0.112. The molecule has 1 aromatic rings. The first kappa shape index (κ1) is 15.0. The third kappa shape index (κ3) is 4.62. The Morgan fingerprint density at radius 1 is 1.16 bits per heavy atom. The lowest BCUT2D eigenvalue weighted by Crippen LogP contribution is -2.41. The molecule has 0 atom stereocenters. The van der Waals surface area contributed by atoms with Crippen LogP contribution in [0.5, 0.6) is 5.75 Å². The highest BCUT2D eigenvalue weighted by Crippen LogP contribution is 2.19. The van der Waals surface area contributed by atoms with Crippen molar-refractivity contribution in [3.8, 4) is 5.75 Å². The number of nitrogens with zero attached hydrogens (tertiary/aromatic N) is 1. The van der Waals surface area contributed by atoms with Gasteiger partial charge in [0.25, 0.3) is 0 Å². The van der Waals surface area contributed by atoms with Crippen LogP contribution in [0.2, 0.25) is 0 Å². The van der Waals surface area contributed by atoms with E-state index in [9.17, 15) is 14.7 Å². The number of hydrogen-bond donors (Lipinski definition) is 2. The molecule has 0 unspecified atom stereocenters. The number of phenolic OH excluding ortho intramolecular Hbond substituents is 1. The third-order valence-electron chi connectivity index (χ3n) is 2.85. The minimum Gasteiger partial charge on any atom is -0.508 e. The lowest BCUT2D eigenvalue weighted by atomic mass is 10.2. The van der Waals surface area contributed by atoms with Gasteiger partial charge in [-0.2, -0.15) is 0 Å². The molecule has 0 aromatic heterocycles. The molecule has 2 amide bonds. The van der Waals surface area contributed by atoms with Gasteiger partial charge in [-0.05, 0) is 30.7 Å². The standard InChI is InChI=1S/C14H20N2O3/c1-2-3-4-5-10-16(14(19)13(15)18)11-6-8-12(17)9-7-11/h6-9,17H,2-5,10H2,1H3,(H2,15,18). The van der Waals surface area contributed by atoms with Crippen LogP contribution in [0.3, 0.4) is 0 Å². The zero-order valence-electron chi connectivity index (χ0n) is 11.1. The molecule has 0 bridgehead atoms. The average molecular weight is 264 g/mol. The van der Waals surface area contributed by atoms with E-state index in [1.165, 1.54) is 17.0 Å². The van der Waals surface area contributed by atoms with E-state index in [1.807, 2.05) is 0 Å². The quantitative estimate of drug-likeness (QED) is 0.607. The topological polar surface area (TPSA) is 83.6 Å². The fourth-order valence-corrected chi connectivity index (χ4v) is 1.81. The van der Waals surface area contributed by atoms with Gasteiger partial charge in [-0.3, -0.25) is 9.59 Å². The summed E-state index contributed by atoms with van der Waals surface area (Å²) in [5.74, 6) is -1.58. The Bertz CT molecular complexity index is 429. The molecule has 3 N–H and O–H groups in total. The van der Waals surface area contributed by atoms with Gasteiger partial charge in [0.15, 0.2) is 0 Å². The fourth-order valence-electron chi connectivity index (χ4n) is 1.81. The van der Waals surface area contributed by atoms with Crippen LogP contribution in [0.25, 0.3) is 0 Å². The molecule has 5 heteroatoms. The van der Waals surface area contributed by atoms with E-state index in [0.717, 1.165) is 25.7 Å². The monoisotopic (exact) mass is 264 g/mol. The third-order valence-corrected chi connectivity index (χ3v) is 2.85. The summed E-state index contributed by atoms with van der Waals surface area (Å²) in [7, 11) is 0. The zero-order valence-corrected chi connectivity index (χ0v) is 11.1. The van der Waals surface area contributed by atoms with Gasteiger partial charge in [0.1, 0.15) is 5.75 Å². The largest absolute Gasteiger partial charge is 0.508 e. The summed E-state index contributed by atoms with van der Waals surface area (Å²) in [6.45, 7) is 2.55. The van der Waals surface area contributed by atoms with E-state index < -0.39 is 11.8 Å². The van der Waals surface area contributed by atoms with Crippen LogP contribution in [0.1, 0.15) is 32.6 Å². The Hall–Kier alpha value is -2.04. The summed E-state index contributed by atoms with van der Waals surface area (Å²) in [6, 6.07) is 6.14. The highest BCUT2D eigenvalue weighted by Gasteiger charge is 2.20. The van der Waals surface area contributed by atoms with E-state index in [0.29, 0.717) is 12.2 Å². The molecule has 1 rings (SSSR count). The minimum atomic E-state index is -0.969. The van der Waals surface area contributed by atoms with Crippen molar-refractivity contribution in [3.05, 3.63) is 24.3 Å². The molecule has 104 valence electrons. The fraction of sp³-hybridized carbons (Fsp3) is 0.429. The lowest BCUT2D eigenvalue weighted by Gasteiger charge is -2.21. The lowest BCUT2D eigenvalue weighted by molar-refractivity contribution is -0.135. The molecule has 0 spiro atoms. The average Bonchev–Trinajstić information content (AvgIpc) is 2.39. The molecule has 0 aliphatic heterocycles. The first-order valence-electron chi connectivity index (χ1n) is 6.46. The maximum absolute atomic E-state index is 11.8. The van der Waals surface area contributed by atoms with Crippen LogP contribution in [-0.2, 0) is 9.59 Å². The summed E-state index contributed by atoms with van der Waals surface area (Å²) in [4.78, 5) is 24.2. The van der Waals surface area contributed by atoms with Crippen molar-refractivity contribution < 1.29 is 14.7 Å². The molecule has 1 aromatic carbocycles. The van der Waals surface area contributed by atoms with Crippen molar-refractivity contribution in [1.82, 2.24) is 0 Å². The molecular weight excluding hydrogens is 244 g/mol. The molecule has 0 heterocycles. The molecule has 0 saturated heterocycles. The van der Waals surface area contributed by atoms with E-state index in [-0.39, 0.29) is 5.75 Å². The Morgan fingerprint density at radius 2 is 1.79 bits per heavy atom. The predicted molar refractivity (Wildman–Crippen MR) is 73.8 cm³/mol. The van der Waals surface area contributed by atoms with Crippen molar-refractivity contribution in [2.24, 2.45) is 5.73 Å². The zero-order chi connectivity index (χ0) is 14.3. The number of nitrogens with two attached hydrogens (primary N) is 1. The number of benzene rings is 1. The molecule has 19 heavy (non-hydrogen) atoms. The Balaban J connectivity index is 2.77. The van der Waals surface area contributed by atoms with Gasteiger partial charge in [-0.25, -0.2) is 0 Å². The van der Waals surface area contributed by atoms with E-state index >= 15 is 0 Å². The van der Waals surface area contributed by atoms with Crippen LogP contribution >= 0.6 is 0 Å². The van der Waals surface area contributed by atoms with E-state index in [4.69, 9.17) is 5.73 Å². The predicted octanol–water partition coefficient (Wildman–Crippen LogP) is 1.79. The van der Waals surface area contributed by atoms with E-state index in [1.54, 1.807) is 12.1 Å². The maximum atomic E-state index is 11.8. The number of hydrogen-bond acceptors (Lipinski definition) is 3. The van der Waals surface area contributed by atoms with Crippen LogP contribution in [0.15, 0.2) is 24.3 Å². The van der Waals surface area contributed by atoms with Crippen LogP contribution in [-0.4, -0.2) is 23.5 Å². The highest BCUT2D eigenvalue weighted by molar-refractivity contribution is 6.39. The number of aromatic hydroxyl groups is 1. The van der Waals surface area contributed by atoms with Gasteiger partial charge >= 0.3 is 11.8 Å². The molecule has 0 aliphatic carbocycles. The number of amides is 2. The number of primary amides is 1. The van der Waals surface area contributed by atoms with Gasteiger partial charge < -0.3 is 15.7 Å². The summed E-state index contributed by atoms with van der Waals surface area (Å²) >= 11 is 0. The first-order chi connectivity index (χ1) is 9.06. The normalized spacial score (nSPS) is 10.2. The second kappa shape index (κ2) is 7.41. The summed E-state index contributed by atoms with van der Waals surface area (Å²) in [5, 5.41) is 9.24. The number of anilines is 1.